The van der Waals surface area contributed by atoms with Gasteiger partial charge in [0.25, 0.3) is 0 Å². The quantitative estimate of drug-likeness (QED) is 0.509. The van der Waals surface area contributed by atoms with Gasteiger partial charge in [-0.25, -0.2) is 0 Å². The first-order chi connectivity index (χ1) is 10.2. The molecule has 3 unspecified atom stereocenters. The van der Waals surface area contributed by atoms with Crippen molar-refractivity contribution in [3.63, 3.8) is 0 Å². The number of carbonyl (C=O) groups excluding carboxylic acids is 1. The lowest BCUT2D eigenvalue weighted by molar-refractivity contribution is -0.134. The molecular weight excluding hydrogens is 325 g/mol. The smallest absolute Gasteiger partial charge is 0.329 e. The molecule has 0 spiro atoms. The van der Waals surface area contributed by atoms with Crippen molar-refractivity contribution >= 4 is 30.0 Å². The van der Waals surface area contributed by atoms with Gasteiger partial charge in [-0.15, -0.1) is 24.0 Å². The minimum atomic E-state index is -0.579. The van der Waals surface area contributed by atoms with Gasteiger partial charge in [0.05, 0.1) is 0 Å². The summed E-state index contributed by atoms with van der Waals surface area (Å²) in [4.78, 5) is 11.5. The average molecular weight is 344 g/mol. The van der Waals surface area contributed by atoms with Gasteiger partial charge in [0.15, 0.2) is 0 Å². The molecule has 4 nitrogen and oxygen atoms in total. The predicted molar refractivity (Wildman–Crippen MR) is 86.3 cm³/mol. The maximum atomic E-state index is 11.5. The molecule has 0 aromatic heterocycles. The minimum Gasteiger partial charge on any atom is -0.490 e. The molecule has 3 heterocycles. The third-order valence-electron chi connectivity index (χ3n) is 4.64. The molecule has 2 bridgehead atoms. The number of rotatable bonds is 2. The highest BCUT2D eigenvalue weighted by Gasteiger charge is 2.34. The van der Waals surface area contributed by atoms with Crippen LogP contribution in [0.5, 0.6) is 11.5 Å². The topological polar surface area (TPSA) is 47.6 Å². The summed E-state index contributed by atoms with van der Waals surface area (Å²) in [7, 11) is 0. The van der Waals surface area contributed by atoms with E-state index in [1.54, 1.807) is 0 Å². The van der Waals surface area contributed by atoms with Gasteiger partial charge in [0.1, 0.15) is 23.0 Å². The molecule has 0 aliphatic carbocycles. The number of hydrogen-bond donors (Lipinski definition) is 1. The maximum Gasteiger partial charge on any atom is 0.329 e. The largest absolute Gasteiger partial charge is 0.490 e. The molecule has 1 aromatic rings. The summed E-state index contributed by atoms with van der Waals surface area (Å²) in [5.74, 6) is 0.994. The van der Waals surface area contributed by atoms with Crippen LogP contribution in [0.3, 0.4) is 0 Å². The van der Waals surface area contributed by atoms with Gasteiger partial charge >= 0.3 is 5.97 Å². The summed E-state index contributed by atoms with van der Waals surface area (Å²) in [5.41, 5.74) is 0.965. The molecular formula is C16H19Cl2NO3. The van der Waals surface area contributed by atoms with Crippen LogP contribution >= 0.6 is 24.0 Å². The number of carbonyl (C=O) groups is 1. The fourth-order valence-electron chi connectivity index (χ4n) is 3.61. The first-order valence-corrected chi connectivity index (χ1v) is 8.02. The van der Waals surface area contributed by atoms with Crippen LogP contribution in [0.15, 0.2) is 18.2 Å². The Labute approximate surface area is 140 Å². The molecule has 0 saturated carbocycles. The molecule has 4 rings (SSSR count). The number of halogens is 2. The lowest BCUT2D eigenvalue weighted by Crippen LogP contribution is -2.42. The summed E-state index contributed by atoms with van der Waals surface area (Å²) in [6.45, 7) is 0. The second-order valence-electron chi connectivity index (χ2n) is 6.21. The first kappa shape index (κ1) is 15.9. The van der Waals surface area contributed by atoms with Crippen molar-refractivity contribution in [2.45, 2.75) is 55.7 Å². The van der Waals surface area contributed by atoms with Gasteiger partial charge in [-0.05, 0) is 37.3 Å². The Balaban J connectivity index is 0.00000144. The number of nitrogens with one attached hydrogen (secondary N) is 1. The standard InChI is InChI=1S/C16H18ClNO3.ClH/c17-14-5-9-1-4-12(8-15(9)21-16(14)19)20-13-6-10-2-3-11(7-13)18-10;/h1,4,8,10-11,13-14,18H,2-3,5-7H2;1H. The van der Waals surface area contributed by atoms with Crippen LogP contribution in [0.4, 0.5) is 0 Å². The van der Waals surface area contributed by atoms with E-state index in [1.165, 1.54) is 12.8 Å². The minimum absolute atomic E-state index is 0. The van der Waals surface area contributed by atoms with Crippen molar-refractivity contribution < 1.29 is 14.3 Å². The summed E-state index contributed by atoms with van der Waals surface area (Å²) >= 11 is 5.92. The first-order valence-electron chi connectivity index (χ1n) is 7.59. The number of benzene rings is 1. The Morgan fingerprint density at radius 3 is 2.68 bits per heavy atom. The van der Waals surface area contributed by atoms with Crippen LogP contribution in [0.1, 0.15) is 31.2 Å². The van der Waals surface area contributed by atoms with Crippen LogP contribution < -0.4 is 14.8 Å². The van der Waals surface area contributed by atoms with Gasteiger partial charge in [0.2, 0.25) is 0 Å². The highest BCUT2D eigenvalue weighted by Crippen LogP contribution is 2.34. The van der Waals surface area contributed by atoms with Crippen LogP contribution in [-0.4, -0.2) is 29.5 Å². The molecule has 3 aliphatic heterocycles. The second-order valence-corrected chi connectivity index (χ2v) is 6.74. The van der Waals surface area contributed by atoms with E-state index in [4.69, 9.17) is 21.1 Å². The van der Waals surface area contributed by atoms with E-state index < -0.39 is 5.38 Å². The number of hydrogen-bond acceptors (Lipinski definition) is 4. The van der Waals surface area contributed by atoms with E-state index in [0.717, 1.165) is 24.2 Å². The highest BCUT2D eigenvalue weighted by atomic mass is 35.5. The van der Waals surface area contributed by atoms with E-state index in [1.807, 2.05) is 18.2 Å². The van der Waals surface area contributed by atoms with Gasteiger partial charge < -0.3 is 14.8 Å². The molecule has 0 radical (unpaired) electrons. The fraction of sp³-hybridized carbons (Fsp3) is 0.562. The molecule has 0 amide bonds. The number of ether oxygens (including phenoxy) is 2. The number of piperidine rings is 1. The van der Waals surface area contributed by atoms with Crippen molar-refractivity contribution in [1.82, 2.24) is 5.32 Å². The van der Waals surface area contributed by atoms with Gasteiger partial charge in [-0.1, -0.05) is 6.07 Å². The predicted octanol–water partition coefficient (Wildman–Crippen LogP) is 2.84. The number of alkyl halides is 1. The van der Waals surface area contributed by atoms with Gasteiger partial charge in [-0.2, -0.15) is 0 Å². The SMILES string of the molecule is Cl.O=C1Oc2cc(OC3CC4CCC(C3)N4)ccc2CC1Cl. The molecule has 1 N–H and O–H groups in total. The van der Waals surface area contributed by atoms with Crippen molar-refractivity contribution in [2.24, 2.45) is 0 Å². The number of fused-ring (bicyclic) bond motifs is 3. The summed E-state index contributed by atoms with van der Waals surface area (Å²) in [5, 5.41) is 3.02. The monoisotopic (exact) mass is 343 g/mol. The number of esters is 1. The Morgan fingerprint density at radius 1 is 1.23 bits per heavy atom. The Bertz CT molecular complexity index is 569. The zero-order valence-electron chi connectivity index (χ0n) is 12.1. The molecule has 1 aromatic carbocycles. The van der Waals surface area contributed by atoms with E-state index in [-0.39, 0.29) is 24.5 Å². The van der Waals surface area contributed by atoms with Crippen LogP contribution in [0.2, 0.25) is 0 Å². The highest BCUT2D eigenvalue weighted by molar-refractivity contribution is 6.30. The lowest BCUT2D eigenvalue weighted by atomic mass is 10.0. The molecule has 3 aliphatic rings. The summed E-state index contributed by atoms with van der Waals surface area (Å²) < 4.78 is 11.4. The Hall–Kier alpha value is -0.970. The van der Waals surface area contributed by atoms with E-state index >= 15 is 0 Å². The molecule has 6 heteroatoms. The molecule has 120 valence electrons. The van der Waals surface area contributed by atoms with Crippen molar-refractivity contribution in [2.75, 3.05) is 0 Å². The van der Waals surface area contributed by atoms with E-state index in [2.05, 4.69) is 5.32 Å². The average Bonchev–Trinajstić information content (AvgIpc) is 2.80. The zero-order chi connectivity index (χ0) is 14.4. The zero-order valence-corrected chi connectivity index (χ0v) is 13.7. The molecule has 2 fully saturated rings. The molecule has 2 saturated heterocycles. The van der Waals surface area contributed by atoms with Crippen molar-refractivity contribution in [3.05, 3.63) is 23.8 Å². The molecule has 3 atom stereocenters. The molecule has 22 heavy (non-hydrogen) atoms. The second kappa shape index (κ2) is 6.26. The van der Waals surface area contributed by atoms with Gasteiger partial charge in [0, 0.05) is 24.6 Å². The van der Waals surface area contributed by atoms with Crippen LogP contribution in [0, 0.1) is 0 Å². The van der Waals surface area contributed by atoms with Gasteiger partial charge in [-0.3, -0.25) is 4.79 Å². The third-order valence-corrected chi connectivity index (χ3v) is 4.97. The maximum absolute atomic E-state index is 11.5. The summed E-state index contributed by atoms with van der Waals surface area (Å²) in [6.07, 6.45) is 5.39. The normalized spacial score (nSPS) is 32.7. The summed E-state index contributed by atoms with van der Waals surface area (Å²) in [6, 6.07) is 6.91. The lowest BCUT2D eigenvalue weighted by Gasteiger charge is -2.30. The van der Waals surface area contributed by atoms with E-state index in [9.17, 15) is 4.79 Å². The van der Waals surface area contributed by atoms with Crippen molar-refractivity contribution in [3.8, 4) is 11.5 Å². The van der Waals surface area contributed by atoms with E-state index in [0.29, 0.717) is 24.3 Å². The van der Waals surface area contributed by atoms with Crippen LogP contribution in [-0.2, 0) is 11.2 Å². The van der Waals surface area contributed by atoms with Crippen molar-refractivity contribution in [1.29, 1.82) is 0 Å². The third kappa shape index (κ3) is 3.05. The Kier molecular flexibility index (Phi) is 4.53. The van der Waals surface area contributed by atoms with Crippen LogP contribution in [0.25, 0.3) is 0 Å². The fourth-order valence-corrected chi connectivity index (χ4v) is 3.83. The Morgan fingerprint density at radius 2 is 1.95 bits per heavy atom.